The fraction of sp³-hybridized carbons (Fsp3) is 1.00. The van der Waals surface area contributed by atoms with Crippen LogP contribution in [-0.2, 0) is 4.74 Å². The molecule has 1 fully saturated rings. The Labute approximate surface area is 88.9 Å². The van der Waals surface area contributed by atoms with Gasteiger partial charge in [-0.05, 0) is 0 Å². The maximum absolute atomic E-state index is 9.83. The van der Waals surface area contributed by atoms with Gasteiger partial charge in [0, 0.05) is 0 Å². The number of hydrogen-bond donors (Lipinski definition) is 4. The van der Waals surface area contributed by atoms with Crippen molar-refractivity contribution in [3.8, 4) is 0 Å². The first kappa shape index (κ1) is 12.8. The summed E-state index contributed by atoms with van der Waals surface area (Å²) in [5, 5.41) is 38.0. The van der Waals surface area contributed by atoms with Gasteiger partial charge in [0.1, 0.15) is 18.3 Å². The normalized spacial score (nSPS) is 43.0. The summed E-state index contributed by atoms with van der Waals surface area (Å²) < 4.78 is 5.30. The topological polar surface area (TPSA) is 90.2 Å². The van der Waals surface area contributed by atoms with Gasteiger partial charge >= 0.3 is 0 Å². The number of rotatable bonds is 2. The number of aliphatic hydroxyl groups is 4. The highest BCUT2D eigenvalue weighted by Gasteiger charge is 2.50. The lowest BCUT2D eigenvalue weighted by molar-refractivity contribution is -0.909. The molecular formula is C9H20NO5+. The fourth-order valence-corrected chi connectivity index (χ4v) is 1.92. The summed E-state index contributed by atoms with van der Waals surface area (Å²) in [5.41, 5.74) is 0. The summed E-state index contributed by atoms with van der Waals surface area (Å²) in [6, 6.07) is -0.636. The second kappa shape index (κ2) is 4.32. The van der Waals surface area contributed by atoms with Crippen LogP contribution in [-0.4, -0.2) is 83.3 Å². The molecule has 0 aliphatic carbocycles. The van der Waals surface area contributed by atoms with Crippen LogP contribution in [0.4, 0.5) is 0 Å². The number of likely N-dealkylation sites (N-methyl/N-ethyl adjacent to an activating group) is 1. The summed E-state index contributed by atoms with van der Waals surface area (Å²) >= 11 is 0. The van der Waals surface area contributed by atoms with Gasteiger partial charge in [-0.25, -0.2) is 0 Å². The van der Waals surface area contributed by atoms with Crippen molar-refractivity contribution in [3.05, 3.63) is 0 Å². The third kappa shape index (κ3) is 2.47. The van der Waals surface area contributed by atoms with E-state index in [-0.39, 0.29) is 4.48 Å². The molecule has 0 radical (unpaired) electrons. The van der Waals surface area contributed by atoms with Crippen molar-refractivity contribution in [1.29, 1.82) is 0 Å². The van der Waals surface area contributed by atoms with Gasteiger partial charge < -0.3 is 29.6 Å². The molecule has 1 heterocycles. The Morgan fingerprint density at radius 1 is 1.07 bits per heavy atom. The van der Waals surface area contributed by atoms with E-state index >= 15 is 0 Å². The van der Waals surface area contributed by atoms with Crippen LogP contribution in [0.1, 0.15) is 0 Å². The van der Waals surface area contributed by atoms with Crippen LogP contribution in [0.25, 0.3) is 0 Å². The van der Waals surface area contributed by atoms with Crippen molar-refractivity contribution in [2.45, 2.75) is 30.6 Å². The maximum atomic E-state index is 9.83. The highest BCUT2D eigenvalue weighted by Crippen LogP contribution is 2.25. The smallest absolute Gasteiger partial charge is 0.211 e. The first-order chi connectivity index (χ1) is 6.79. The Bertz CT molecular complexity index is 217. The number of aliphatic hydroxyl groups excluding tert-OH is 4. The van der Waals surface area contributed by atoms with Gasteiger partial charge in [-0.15, -0.1) is 0 Å². The van der Waals surface area contributed by atoms with E-state index in [4.69, 9.17) is 9.84 Å². The van der Waals surface area contributed by atoms with E-state index in [1.165, 1.54) is 0 Å². The zero-order chi connectivity index (χ0) is 11.8. The molecule has 5 unspecified atom stereocenters. The third-order valence-electron chi connectivity index (χ3n) is 2.76. The lowest BCUT2D eigenvalue weighted by Gasteiger charge is -2.46. The van der Waals surface area contributed by atoms with Crippen molar-refractivity contribution >= 4 is 0 Å². The minimum Gasteiger partial charge on any atom is -0.394 e. The molecule has 1 saturated heterocycles. The lowest BCUT2D eigenvalue weighted by Crippen LogP contribution is -2.67. The molecule has 1 aliphatic heterocycles. The van der Waals surface area contributed by atoms with Gasteiger partial charge in [-0.1, -0.05) is 0 Å². The molecule has 0 spiro atoms. The molecule has 0 saturated carbocycles. The van der Waals surface area contributed by atoms with E-state index in [1.54, 1.807) is 21.1 Å². The average molecular weight is 222 g/mol. The van der Waals surface area contributed by atoms with Gasteiger partial charge in [0.05, 0.1) is 27.7 Å². The second-order valence-corrected chi connectivity index (χ2v) is 4.84. The van der Waals surface area contributed by atoms with E-state index < -0.39 is 37.3 Å². The second-order valence-electron chi connectivity index (χ2n) is 4.84. The summed E-state index contributed by atoms with van der Waals surface area (Å²) in [6.07, 6.45) is -4.43. The SMILES string of the molecule is C[N+](C)(C)C1C(O)OC(CO)C(O)C1O. The zero-order valence-electron chi connectivity index (χ0n) is 9.24. The molecule has 0 aromatic rings. The van der Waals surface area contributed by atoms with Gasteiger partial charge in [0.25, 0.3) is 0 Å². The summed E-state index contributed by atoms with van der Waals surface area (Å²) in [6.45, 7) is -0.431. The van der Waals surface area contributed by atoms with Gasteiger partial charge in [0.2, 0.25) is 6.29 Å². The molecule has 0 bridgehead atoms. The molecule has 0 amide bonds. The number of ether oxygens (including phenoxy) is 1. The van der Waals surface area contributed by atoms with E-state index in [9.17, 15) is 15.3 Å². The fourth-order valence-electron chi connectivity index (χ4n) is 1.92. The van der Waals surface area contributed by atoms with Crippen LogP contribution in [0.15, 0.2) is 0 Å². The van der Waals surface area contributed by atoms with E-state index in [0.29, 0.717) is 0 Å². The van der Waals surface area contributed by atoms with Crippen molar-refractivity contribution in [2.24, 2.45) is 0 Å². The molecule has 6 nitrogen and oxygen atoms in total. The van der Waals surface area contributed by atoms with E-state index in [1.807, 2.05) is 0 Å². The quantitative estimate of drug-likeness (QED) is 0.388. The minimum absolute atomic E-state index is 0.261. The third-order valence-corrected chi connectivity index (χ3v) is 2.76. The van der Waals surface area contributed by atoms with Crippen molar-refractivity contribution in [2.75, 3.05) is 27.7 Å². The van der Waals surface area contributed by atoms with Crippen LogP contribution < -0.4 is 0 Å². The molecule has 15 heavy (non-hydrogen) atoms. The first-order valence-electron chi connectivity index (χ1n) is 4.90. The van der Waals surface area contributed by atoms with Crippen LogP contribution >= 0.6 is 0 Å². The van der Waals surface area contributed by atoms with Crippen LogP contribution in [0.3, 0.4) is 0 Å². The number of nitrogens with zero attached hydrogens (tertiary/aromatic N) is 1. The molecule has 90 valence electrons. The summed E-state index contributed by atoms with van der Waals surface area (Å²) in [4.78, 5) is 0. The first-order valence-corrected chi connectivity index (χ1v) is 4.90. The van der Waals surface area contributed by atoms with Gasteiger partial charge in [0.15, 0.2) is 6.04 Å². The predicted octanol–water partition coefficient (Wildman–Crippen LogP) is -2.51. The Hall–Kier alpha value is -0.240. The van der Waals surface area contributed by atoms with Crippen LogP contribution in [0.2, 0.25) is 0 Å². The summed E-state index contributed by atoms with van der Waals surface area (Å²) in [5.74, 6) is 0. The van der Waals surface area contributed by atoms with E-state index in [0.717, 1.165) is 0 Å². The van der Waals surface area contributed by atoms with Gasteiger partial charge in [-0.2, -0.15) is 0 Å². The van der Waals surface area contributed by atoms with Gasteiger partial charge in [-0.3, -0.25) is 0 Å². The Morgan fingerprint density at radius 3 is 2.00 bits per heavy atom. The highest BCUT2D eigenvalue weighted by atomic mass is 16.6. The number of quaternary nitrogens is 1. The van der Waals surface area contributed by atoms with Crippen molar-refractivity contribution < 1.29 is 29.6 Å². The highest BCUT2D eigenvalue weighted by molar-refractivity contribution is 4.89. The molecule has 0 aromatic carbocycles. The standard InChI is InChI=1S/C9H20NO5/c1-10(2,3)6-8(13)7(12)5(4-11)15-9(6)14/h5-9,11-14H,4H2,1-3H3/q+1. The minimum atomic E-state index is -1.19. The monoisotopic (exact) mass is 222 g/mol. The van der Waals surface area contributed by atoms with Crippen molar-refractivity contribution in [1.82, 2.24) is 0 Å². The largest absolute Gasteiger partial charge is 0.394 e. The molecule has 0 aromatic heterocycles. The molecular weight excluding hydrogens is 202 g/mol. The zero-order valence-corrected chi connectivity index (χ0v) is 9.24. The summed E-state index contributed by atoms with van der Waals surface area (Å²) in [7, 11) is 5.35. The Balaban J connectivity index is 2.84. The molecule has 4 N–H and O–H groups in total. The Morgan fingerprint density at radius 2 is 1.60 bits per heavy atom. The Kier molecular flexibility index (Phi) is 3.70. The average Bonchev–Trinajstić information content (AvgIpc) is 2.09. The predicted molar refractivity (Wildman–Crippen MR) is 51.8 cm³/mol. The molecule has 1 aliphatic rings. The lowest BCUT2D eigenvalue weighted by atomic mass is 9.95. The molecule has 6 heteroatoms. The van der Waals surface area contributed by atoms with E-state index in [2.05, 4.69) is 0 Å². The van der Waals surface area contributed by atoms with Crippen molar-refractivity contribution in [3.63, 3.8) is 0 Å². The van der Waals surface area contributed by atoms with Crippen LogP contribution in [0.5, 0.6) is 0 Å². The molecule has 1 rings (SSSR count). The molecule has 5 atom stereocenters. The van der Waals surface area contributed by atoms with Crippen LogP contribution in [0, 0.1) is 0 Å². The maximum Gasteiger partial charge on any atom is 0.211 e. The number of hydrogen-bond acceptors (Lipinski definition) is 5.